The highest BCUT2D eigenvalue weighted by atomic mass is 19.1. The number of nitrogens with one attached hydrogen (secondary N) is 1. The number of nitrogens with zero attached hydrogens (tertiary/aromatic N) is 1. The molecule has 3 rings (SSSR count). The quantitative estimate of drug-likeness (QED) is 0.924. The molecule has 3 nitrogen and oxygen atoms in total. The van der Waals surface area contributed by atoms with Crippen LogP contribution in [0, 0.1) is 12.7 Å². The molecular formula is C18H19FN2O. The Morgan fingerprint density at radius 3 is 2.82 bits per heavy atom. The predicted octanol–water partition coefficient (Wildman–Crippen LogP) is 2.92. The van der Waals surface area contributed by atoms with Crippen LogP contribution < -0.4 is 5.32 Å². The molecule has 0 aromatic heterocycles. The number of rotatable bonds is 2. The third kappa shape index (κ3) is 3.02. The van der Waals surface area contributed by atoms with Crippen LogP contribution in [0.1, 0.15) is 27.5 Å². The fraction of sp³-hybridized carbons (Fsp3) is 0.278. The predicted molar refractivity (Wildman–Crippen MR) is 84.2 cm³/mol. The van der Waals surface area contributed by atoms with Gasteiger partial charge in [0.15, 0.2) is 0 Å². The zero-order valence-electron chi connectivity index (χ0n) is 12.6. The van der Waals surface area contributed by atoms with Gasteiger partial charge in [-0.2, -0.15) is 0 Å². The van der Waals surface area contributed by atoms with Gasteiger partial charge in [0.05, 0.1) is 6.04 Å². The largest absolute Gasteiger partial charge is 0.329 e. The Hall–Kier alpha value is -2.20. The lowest BCUT2D eigenvalue weighted by Crippen LogP contribution is -2.48. The molecule has 1 heterocycles. The normalized spacial score (nSPS) is 18.3. The summed E-state index contributed by atoms with van der Waals surface area (Å²) in [5.74, 6) is -0.273. The fourth-order valence-corrected chi connectivity index (χ4v) is 2.90. The molecule has 4 heteroatoms. The summed E-state index contributed by atoms with van der Waals surface area (Å²) in [6, 6.07) is 13.9. The van der Waals surface area contributed by atoms with Gasteiger partial charge in [-0.3, -0.25) is 4.79 Å². The minimum Gasteiger partial charge on any atom is -0.329 e. The van der Waals surface area contributed by atoms with E-state index in [2.05, 4.69) is 5.32 Å². The van der Waals surface area contributed by atoms with Crippen molar-refractivity contribution in [3.05, 3.63) is 71.0 Å². The number of aryl methyl sites for hydroxylation is 1. The first kappa shape index (κ1) is 14.7. The van der Waals surface area contributed by atoms with Crippen LogP contribution in [0.5, 0.6) is 0 Å². The van der Waals surface area contributed by atoms with Crippen LogP contribution in [0.15, 0.2) is 48.5 Å². The van der Waals surface area contributed by atoms with Gasteiger partial charge >= 0.3 is 0 Å². The van der Waals surface area contributed by atoms with Crippen molar-refractivity contribution in [3.63, 3.8) is 0 Å². The van der Waals surface area contributed by atoms with Crippen molar-refractivity contribution < 1.29 is 9.18 Å². The minimum atomic E-state index is -0.272. The Bertz CT molecular complexity index is 686. The molecule has 1 aliphatic rings. The molecule has 114 valence electrons. The van der Waals surface area contributed by atoms with Crippen molar-refractivity contribution in [2.24, 2.45) is 0 Å². The van der Waals surface area contributed by atoms with E-state index in [1.165, 1.54) is 12.1 Å². The van der Waals surface area contributed by atoms with E-state index in [4.69, 9.17) is 0 Å². The average molecular weight is 298 g/mol. The Morgan fingerprint density at radius 1 is 1.23 bits per heavy atom. The molecule has 0 spiro atoms. The van der Waals surface area contributed by atoms with E-state index < -0.39 is 0 Å². The summed E-state index contributed by atoms with van der Waals surface area (Å²) in [4.78, 5) is 14.7. The van der Waals surface area contributed by atoms with Crippen LogP contribution in [0.4, 0.5) is 4.39 Å². The molecule has 1 aliphatic heterocycles. The van der Waals surface area contributed by atoms with E-state index in [1.54, 1.807) is 6.07 Å². The molecule has 0 saturated carbocycles. The molecule has 0 aliphatic carbocycles. The van der Waals surface area contributed by atoms with Crippen molar-refractivity contribution in [3.8, 4) is 0 Å². The maximum Gasteiger partial charge on any atom is 0.254 e. The van der Waals surface area contributed by atoms with Crippen LogP contribution in [0.2, 0.25) is 0 Å². The van der Waals surface area contributed by atoms with Crippen LogP contribution in [0.25, 0.3) is 0 Å². The van der Waals surface area contributed by atoms with Crippen LogP contribution in [0.3, 0.4) is 0 Å². The Morgan fingerprint density at radius 2 is 2.05 bits per heavy atom. The lowest BCUT2D eigenvalue weighted by molar-refractivity contribution is 0.0634. The van der Waals surface area contributed by atoms with E-state index >= 15 is 0 Å². The molecule has 1 atom stereocenters. The van der Waals surface area contributed by atoms with Crippen LogP contribution in [-0.2, 0) is 0 Å². The summed E-state index contributed by atoms with van der Waals surface area (Å²) < 4.78 is 13.5. The number of hydrogen-bond donors (Lipinski definition) is 1. The average Bonchev–Trinajstić information content (AvgIpc) is 2.54. The summed E-state index contributed by atoms with van der Waals surface area (Å²) in [5, 5.41) is 3.28. The number of halogens is 1. The number of carbonyl (C=O) groups is 1. The van der Waals surface area contributed by atoms with Crippen LogP contribution in [-0.4, -0.2) is 30.4 Å². The molecular weight excluding hydrogens is 279 g/mol. The third-order valence-electron chi connectivity index (χ3n) is 4.00. The molecule has 2 aromatic rings. The first-order valence-corrected chi connectivity index (χ1v) is 7.49. The molecule has 22 heavy (non-hydrogen) atoms. The Kier molecular flexibility index (Phi) is 4.20. The van der Waals surface area contributed by atoms with Gasteiger partial charge in [0.1, 0.15) is 5.82 Å². The highest BCUT2D eigenvalue weighted by Gasteiger charge is 2.28. The van der Waals surface area contributed by atoms with Crippen molar-refractivity contribution >= 4 is 5.91 Å². The second-order valence-corrected chi connectivity index (χ2v) is 5.64. The maximum atomic E-state index is 13.5. The summed E-state index contributed by atoms with van der Waals surface area (Å²) in [5.41, 5.74) is 2.57. The molecule has 1 N–H and O–H groups in total. The van der Waals surface area contributed by atoms with Gasteiger partial charge in [-0.25, -0.2) is 4.39 Å². The second kappa shape index (κ2) is 6.28. The number of benzene rings is 2. The molecule has 0 bridgehead atoms. The highest BCUT2D eigenvalue weighted by Crippen LogP contribution is 2.25. The van der Waals surface area contributed by atoms with E-state index in [-0.39, 0.29) is 17.8 Å². The lowest BCUT2D eigenvalue weighted by Gasteiger charge is -2.36. The first-order valence-electron chi connectivity index (χ1n) is 7.49. The molecule has 1 fully saturated rings. The summed E-state index contributed by atoms with van der Waals surface area (Å²) in [6.45, 7) is 3.98. The van der Waals surface area contributed by atoms with E-state index in [9.17, 15) is 9.18 Å². The van der Waals surface area contributed by atoms with Crippen molar-refractivity contribution in [2.45, 2.75) is 13.0 Å². The SMILES string of the molecule is Cc1cccc(C(=O)N2CCNCC2c2cccc(F)c2)c1. The van der Waals surface area contributed by atoms with Gasteiger partial charge in [-0.05, 0) is 36.8 Å². The van der Waals surface area contributed by atoms with Crippen molar-refractivity contribution in [1.29, 1.82) is 0 Å². The van der Waals surface area contributed by atoms with Crippen molar-refractivity contribution in [1.82, 2.24) is 10.2 Å². The topological polar surface area (TPSA) is 32.3 Å². The fourth-order valence-electron chi connectivity index (χ4n) is 2.90. The van der Waals surface area contributed by atoms with E-state index in [0.29, 0.717) is 18.7 Å². The van der Waals surface area contributed by atoms with Gasteiger partial charge < -0.3 is 10.2 Å². The van der Waals surface area contributed by atoms with Gasteiger partial charge in [0.25, 0.3) is 5.91 Å². The number of amides is 1. The summed E-state index contributed by atoms with van der Waals surface area (Å²) in [7, 11) is 0. The smallest absolute Gasteiger partial charge is 0.254 e. The maximum absolute atomic E-state index is 13.5. The zero-order chi connectivity index (χ0) is 15.5. The number of hydrogen-bond acceptors (Lipinski definition) is 2. The highest BCUT2D eigenvalue weighted by molar-refractivity contribution is 5.94. The Labute approximate surface area is 129 Å². The molecule has 2 aromatic carbocycles. The van der Waals surface area contributed by atoms with Gasteiger partial charge in [-0.1, -0.05) is 29.8 Å². The Balaban J connectivity index is 1.91. The monoisotopic (exact) mass is 298 g/mol. The lowest BCUT2D eigenvalue weighted by atomic mass is 10.0. The number of carbonyl (C=O) groups excluding carboxylic acids is 1. The standard InChI is InChI=1S/C18H19FN2O/c1-13-4-2-6-15(10-13)18(22)21-9-8-20-12-17(21)14-5-3-7-16(19)11-14/h2-7,10-11,17,20H,8-9,12H2,1H3. The van der Waals surface area contributed by atoms with Crippen LogP contribution >= 0.6 is 0 Å². The van der Waals surface area contributed by atoms with E-state index in [1.807, 2.05) is 42.2 Å². The molecule has 1 unspecified atom stereocenters. The summed E-state index contributed by atoms with van der Waals surface area (Å²) in [6.07, 6.45) is 0. The van der Waals surface area contributed by atoms with Gasteiger partial charge in [0.2, 0.25) is 0 Å². The third-order valence-corrected chi connectivity index (χ3v) is 4.00. The van der Waals surface area contributed by atoms with Crippen molar-refractivity contribution in [2.75, 3.05) is 19.6 Å². The number of piperazine rings is 1. The molecule has 0 radical (unpaired) electrons. The van der Waals surface area contributed by atoms with E-state index in [0.717, 1.165) is 17.7 Å². The second-order valence-electron chi connectivity index (χ2n) is 5.64. The summed E-state index contributed by atoms with van der Waals surface area (Å²) >= 11 is 0. The van der Waals surface area contributed by atoms with Gasteiger partial charge in [-0.15, -0.1) is 0 Å². The first-order chi connectivity index (χ1) is 10.6. The zero-order valence-corrected chi connectivity index (χ0v) is 12.6. The molecule has 1 amide bonds. The molecule has 1 saturated heterocycles. The van der Waals surface area contributed by atoms with Gasteiger partial charge in [0, 0.05) is 25.2 Å². The minimum absolute atomic E-state index is 0.000499.